The minimum atomic E-state index is -3.43. The number of carboxylic acids is 1. The van der Waals surface area contributed by atoms with Gasteiger partial charge in [0.15, 0.2) is 0 Å². The minimum Gasteiger partial charge on any atom is -0.481 e. The first-order valence-corrected chi connectivity index (χ1v) is 9.70. The second kappa shape index (κ2) is 5.94. The van der Waals surface area contributed by atoms with Gasteiger partial charge in [-0.1, -0.05) is 23.7 Å². The Morgan fingerprint density at radius 3 is 2.71 bits per heavy atom. The summed E-state index contributed by atoms with van der Waals surface area (Å²) in [5, 5.41) is 9.73. The van der Waals surface area contributed by atoms with Gasteiger partial charge in [-0.25, -0.2) is 17.1 Å². The average Bonchev–Trinajstić information content (AvgIpc) is 2.98. The fraction of sp³-hybridized carbons (Fsp3) is 0.533. The van der Waals surface area contributed by atoms with Gasteiger partial charge in [0, 0.05) is 44.2 Å². The van der Waals surface area contributed by atoms with Crippen molar-refractivity contribution in [1.29, 1.82) is 0 Å². The molecule has 2 saturated heterocycles. The normalized spacial score (nSPS) is 28.2. The zero-order chi connectivity index (χ0) is 17.7. The van der Waals surface area contributed by atoms with Crippen LogP contribution in [-0.2, 0) is 21.4 Å². The second-order valence-corrected chi connectivity index (χ2v) is 8.99. The van der Waals surface area contributed by atoms with Crippen LogP contribution in [0.2, 0.25) is 5.02 Å². The molecule has 1 aromatic carbocycles. The van der Waals surface area contributed by atoms with Gasteiger partial charge in [-0.15, -0.1) is 0 Å². The van der Waals surface area contributed by atoms with Crippen molar-refractivity contribution < 1.29 is 22.7 Å². The molecule has 9 heteroatoms. The van der Waals surface area contributed by atoms with Crippen LogP contribution in [0.5, 0.6) is 0 Å². The first-order valence-electron chi connectivity index (χ1n) is 7.47. The zero-order valence-corrected chi connectivity index (χ0v) is 14.6. The summed E-state index contributed by atoms with van der Waals surface area (Å²) < 4.78 is 38.8. The van der Waals surface area contributed by atoms with Crippen LogP contribution in [0.1, 0.15) is 5.56 Å². The fourth-order valence-electron chi connectivity index (χ4n) is 3.71. The molecule has 0 aliphatic carbocycles. The summed E-state index contributed by atoms with van der Waals surface area (Å²) in [6, 6.07) is 4.73. The van der Waals surface area contributed by atoms with Gasteiger partial charge >= 0.3 is 5.97 Å². The number of aliphatic carboxylic acids is 1. The molecule has 2 atom stereocenters. The van der Waals surface area contributed by atoms with E-state index in [9.17, 15) is 22.7 Å². The van der Waals surface area contributed by atoms with Crippen LogP contribution < -0.4 is 0 Å². The van der Waals surface area contributed by atoms with Crippen LogP contribution in [0.15, 0.2) is 18.2 Å². The quantitative estimate of drug-likeness (QED) is 0.855. The third-order valence-corrected chi connectivity index (χ3v) is 6.48. The van der Waals surface area contributed by atoms with Crippen LogP contribution in [0, 0.1) is 17.2 Å². The number of hydrogen-bond acceptors (Lipinski definition) is 4. The van der Waals surface area contributed by atoms with E-state index >= 15 is 0 Å². The van der Waals surface area contributed by atoms with E-state index < -0.39 is 27.2 Å². The smallest absolute Gasteiger partial charge is 0.312 e. The molecular weight excluding hydrogens is 359 g/mol. The number of carboxylic acid groups (broad SMARTS) is 1. The van der Waals surface area contributed by atoms with Gasteiger partial charge in [0.25, 0.3) is 0 Å². The molecular formula is C15H18ClFN2O4S. The molecule has 0 saturated carbocycles. The Kier molecular flexibility index (Phi) is 4.36. The van der Waals surface area contributed by atoms with Gasteiger partial charge in [-0.3, -0.25) is 9.69 Å². The maximum atomic E-state index is 14.1. The van der Waals surface area contributed by atoms with Gasteiger partial charge < -0.3 is 5.11 Å². The standard InChI is InChI=1S/C15H18ClFN2O4S/c1-24(22,23)19-7-11-6-18(8-15(11,9-19)14(20)21)5-10-3-2-4-12(16)13(10)17/h2-4,11H,5-9H2,1H3,(H,20,21). The molecule has 2 aliphatic heterocycles. The molecule has 2 fully saturated rings. The number of rotatable bonds is 4. The molecule has 0 bridgehead atoms. The molecule has 0 spiro atoms. The van der Waals surface area contributed by atoms with Crippen LogP contribution in [0.4, 0.5) is 4.39 Å². The van der Waals surface area contributed by atoms with Gasteiger partial charge in [-0.05, 0) is 6.07 Å². The van der Waals surface area contributed by atoms with E-state index in [2.05, 4.69) is 0 Å². The van der Waals surface area contributed by atoms with Gasteiger partial charge in [0.05, 0.1) is 16.7 Å². The molecule has 1 aromatic rings. The number of halogens is 2. The van der Waals surface area contributed by atoms with Crippen molar-refractivity contribution in [1.82, 2.24) is 9.21 Å². The molecule has 2 aliphatic rings. The lowest BCUT2D eigenvalue weighted by Crippen LogP contribution is -2.41. The van der Waals surface area contributed by atoms with Crippen molar-refractivity contribution in [3.05, 3.63) is 34.6 Å². The largest absolute Gasteiger partial charge is 0.481 e. The Labute approximate surface area is 144 Å². The van der Waals surface area contributed by atoms with Gasteiger partial charge in [0.2, 0.25) is 10.0 Å². The Bertz CT molecular complexity index is 788. The molecule has 0 radical (unpaired) electrons. The van der Waals surface area contributed by atoms with Crippen molar-refractivity contribution in [3.8, 4) is 0 Å². The number of nitrogens with zero attached hydrogens (tertiary/aromatic N) is 2. The average molecular weight is 377 g/mol. The summed E-state index contributed by atoms with van der Waals surface area (Å²) in [4.78, 5) is 13.7. The highest BCUT2D eigenvalue weighted by atomic mass is 35.5. The van der Waals surface area contributed by atoms with Crippen LogP contribution in [-0.4, -0.2) is 61.1 Å². The number of carbonyl (C=O) groups is 1. The first-order chi connectivity index (χ1) is 11.1. The van der Waals surface area contributed by atoms with Gasteiger partial charge in [0.1, 0.15) is 5.82 Å². The summed E-state index contributed by atoms with van der Waals surface area (Å²) in [6.07, 6.45) is 1.09. The SMILES string of the molecule is CS(=O)(=O)N1CC2CN(Cc3cccc(Cl)c3F)CC2(C(=O)O)C1. The summed E-state index contributed by atoms with van der Waals surface area (Å²) in [7, 11) is -3.43. The maximum absolute atomic E-state index is 14.1. The predicted octanol–water partition coefficient (Wildman–Crippen LogP) is 1.26. The van der Waals surface area contributed by atoms with Crippen molar-refractivity contribution in [2.75, 3.05) is 32.4 Å². The summed E-state index contributed by atoms with van der Waals surface area (Å²) in [5.41, 5.74) is -0.735. The molecule has 2 unspecified atom stereocenters. The van der Waals surface area contributed by atoms with Crippen LogP contribution in [0.3, 0.4) is 0 Å². The molecule has 2 heterocycles. The second-order valence-electron chi connectivity index (χ2n) is 6.60. The minimum absolute atomic E-state index is 0.0306. The number of sulfonamides is 1. The zero-order valence-electron chi connectivity index (χ0n) is 13.1. The maximum Gasteiger partial charge on any atom is 0.312 e. The number of likely N-dealkylation sites (tertiary alicyclic amines) is 1. The highest BCUT2D eigenvalue weighted by Gasteiger charge is 2.59. The lowest BCUT2D eigenvalue weighted by atomic mass is 9.81. The lowest BCUT2D eigenvalue weighted by Gasteiger charge is -2.24. The van der Waals surface area contributed by atoms with E-state index in [1.165, 1.54) is 10.4 Å². The van der Waals surface area contributed by atoms with E-state index in [0.29, 0.717) is 12.1 Å². The monoisotopic (exact) mass is 376 g/mol. The summed E-state index contributed by atoms with van der Waals surface area (Å²) >= 11 is 5.78. The van der Waals surface area contributed by atoms with Crippen molar-refractivity contribution >= 4 is 27.6 Å². The highest BCUT2D eigenvalue weighted by Crippen LogP contribution is 2.44. The van der Waals surface area contributed by atoms with Crippen LogP contribution in [0.25, 0.3) is 0 Å². The Balaban J connectivity index is 1.81. The van der Waals surface area contributed by atoms with E-state index in [1.807, 2.05) is 4.90 Å². The van der Waals surface area contributed by atoms with E-state index in [-0.39, 0.29) is 37.1 Å². The van der Waals surface area contributed by atoms with Crippen LogP contribution >= 0.6 is 11.6 Å². The lowest BCUT2D eigenvalue weighted by molar-refractivity contribution is -0.148. The fourth-order valence-corrected chi connectivity index (χ4v) is 4.82. The highest BCUT2D eigenvalue weighted by molar-refractivity contribution is 7.88. The number of hydrogen-bond donors (Lipinski definition) is 1. The molecule has 132 valence electrons. The molecule has 0 amide bonds. The molecule has 1 N–H and O–H groups in total. The predicted molar refractivity (Wildman–Crippen MR) is 86.7 cm³/mol. The molecule has 24 heavy (non-hydrogen) atoms. The van der Waals surface area contributed by atoms with E-state index in [0.717, 1.165) is 6.26 Å². The molecule has 6 nitrogen and oxygen atoms in total. The van der Waals surface area contributed by atoms with Crippen molar-refractivity contribution in [2.24, 2.45) is 11.3 Å². The van der Waals surface area contributed by atoms with E-state index in [4.69, 9.17) is 11.6 Å². The third kappa shape index (κ3) is 2.92. The topological polar surface area (TPSA) is 77.9 Å². The number of benzene rings is 1. The van der Waals surface area contributed by atoms with Crippen molar-refractivity contribution in [3.63, 3.8) is 0 Å². The van der Waals surface area contributed by atoms with E-state index in [1.54, 1.807) is 12.1 Å². The molecule has 3 rings (SSSR count). The molecule has 0 aromatic heterocycles. The summed E-state index contributed by atoms with van der Waals surface area (Å²) in [5.74, 6) is -1.82. The first kappa shape index (κ1) is 17.6. The third-order valence-electron chi connectivity index (χ3n) is 4.97. The van der Waals surface area contributed by atoms with Crippen molar-refractivity contribution in [2.45, 2.75) is 6.54 Å². The Morgan fingerprint density at radius 2 is 2.12 bits per heavy atom. The Morgan fingerprint density at radius 1 is 1.42 bits per heavy atom. The Hall–Kier alpha value is -1.22. The number of fused-ring (bicyclic) bond motifs is 1. The summed E-state index contributed by atoms with van der Waals surface area (Å²) in [6.45, 7) is 0.978. The van der Waals surface area contributed by atoms with Gasteiger partial charge in [-0.2, -0.15) is 0 Å².